The second-order valence-corrected chi connectivity index (χ2v) is 3.94. The number of pyridine rings is 1. The van der Waals surface area contributed by atoms with Crippen molar-refractivity contribution in [2.75, 3.05) is 7.11 Å². The van der Waals surface area contributed by atoms with Gasteiger partial charge in [0.1, 0.15) is 10.8 Å². The molecule has 0 radical (unpaired) electrons. The number of methoxy groups -OCH3 is 1. The lowest BCUT2D eigenvalue weighted by Gasteiger charge is -2.08. The van der Waals surface area contributed by atoms with Crippen LogP contribution < -0.4 is 4.74 Å². The van der Waals surface area contributed by atoms with Crippen molar-refractivity contribution in [2.45, 2.75) is 13.8 Å². The summed E-state index contributed by atoms with van der Waals surface area (Å²) in [5.74, 6) is 0.668. The molecule has 2 aromatic rings. The van der Waals surface area contributed by atoms with E-state index in [0.717, 1.165) is 16.6 Å². The molecular formula is C12H12ClNO. The van der Waals surface area contributed by atoms with Crippen LogP contribution in [0.25, 0.3) is 10.9 Å². The van der Waals surface area contributed by atoms with Crippen LogP contribution in [0.2, 0.25) is 5.02 Å². The van der Waals surface area contributed by atoms with Crippen LogP contribution in [0.3, 0.4) is 0 Å². The SMILES string of the molecule is COc1ccc2c(C)cc(C)nc2c1Cl. The van der Waals surface area contributed by atoms with Crippen LogP contribution >= 0.6 is 11.6 Å². The Labute approximate surface area is 93.8 Å². The highest BCUT2D eigenvalue weighted by molar-refractivity contribution is 6.36. The first-order valence-corrected chi connectivity index (χ1v) is 5.11. The second-order valence-electron chi connectivity index (χ2n) is 3.56. The quantitative estimate of drug-likeness (QED) is 0.735. The minimum absolute atomic E-state index is 0.585. The van der Waals surface area contributed by atoms with Crippen LogP contribution in [0.4, 0.5) is 0 Å². The maximum Gasteiger partial charge on any atom is 0.139 e. The highest BCUT2D eigenvalue weighted by Crippen LogP contribution is 2.32. The van der Waals surface area contributed by atoms with Gasteiger partial charge in [-0.15, -0.1) is 0 Å². The maximum atomic E-state index is 6.20. The summed E-state index contributed by atoms with van der Waals surface area (Å²) in [5, 5.41) is 1.66. The molecule has 0 saturated carbocycles. The van der Waals surface area contributed by atoms with Crippen LogP contribution in [0.1, 0.15) is 11.3 Å². The van der Waals surface area contributed by atoms with Crippen molar-refractivity contribution in [1.29, 1.82) is 0 Å². The molecule has 0 atom stereocenters. The molecule has 0 unspecified atom stereocenters. The van der Waals surface area contributed by atoms with E-state index in [1.165, 1.54) is 5.56 Å². The van der Waals surface area contributed by atoms with E-state index >= 15 is 0 Å². The van der Waals surface area contributed by atoms with Gasteiger partial charge in [-0.3, -0.25) is 4.98 Å². The Morgan fingerprint density at radius 1 is 1.27 bits per heavy atom. The Bertz CT molecular complexity index is 523. The van der Waals surface area contributed by atoms with Crippen molar-refractivity contribution in [3.05, 3.63) is 34.5 Å². The average Bonchev–Trinajstić information content (AvgIpc) is 2.19. The topological polar surface area (TPSA) is 22.1 Å². The summed E-state index contributed by atoms with van der Waals surface area (Å²) in [4.78, 5) is 4.43. The molecule has 15 heavy (non-hydrogen) atoms. The predicted molar refractivity (Wildman–Crippen MR) is 62.8 cm³/mol. The lowest BCUT2D eigenvalue weighted by molar-refractivity contribution is 0.415. The van der Waals surface area contributed by atoms with Crippen LogP contribution in [0.15, 0.2) is 18.2 Å². The minimum Gasteiger partial charge on any atom is -0.495 e. The standard InChI is InChI=1S/C12H12ClNO/c1-7-6-8(2)14-12-9(7)4-5-10(15-3)11(12)13/h4-6H,1-3H3. The number of fused-ring (bicyclic) bond motifs is 1. The Hall–Kier alpha value is -1.28. The van der Waals surface area contributed by atoms with E-state index < -0.39 is 0 Å². The molecule has 0 bridgehead atoms. The minimum atomic E-state index is 0.585. The molecule has 3 heteroatoms. The first-order chi connectivity index (χ1) is 7.13. The number of hydrogen-bond donors (Lipinski definition) is 0. The number of halogens is 1. The zero-order valence-electron chi connectivity index (χ0n) is 8.97. The summed E-state index contributed by atoms with van der Waals surface area (Å²) in [6.45, 7) is 4.02. The third kappa shape index (κ3) is 1.65. The van der Waals surface area contributed by atoms with Crippen LogP contribution in [-0.2, 0) is 0 Å². The maximum absolute atomic E-state index is 6.20. The molecule has 0 aliphatic rings. The van der Waals surface area contributed by atoms with Gasteiger partial charge >= 0.3 is 0 Å². The molecule has 0 saturated heterocycles. The van der Waals surface area contributed by atoms with Crippen molar-refractivity contribution in [3.63, 3.8) is 0 Å². The number of benzene rings is 1. The smallest absolute Gasteiger partial charge is 0.139 e. The van der Waals surface area contributed by atoms with Gasteiger partial charge in [0, 0.05) is 11.1 Å². The molecule has 0 aliphatic heterocycles. The molecule has 0 aliphatic carbocycles. The Kier molecular flexibility index (Phi) is 2.53. The molecule has 1 heterocycles. The normalized spacial score (nSPS) is 10.7. The highest BCUT2D eigenvalue weighted by atomic mass is 35.5. The van der Waals surface area contributed by atoms with Crippen molar-refractivity contribution < 1.29 is 4.74 Å². The van der Waals surface area contributed by atoms with E-state index in [0.29, 0.717) is 10.8 Å². The van der Waals surface area contributed by atoms with Gasteiger partial charge in [-0.2, -0.15) is 0 Å². The fourth-order valence-corrected chi connectivity index (χ4v) is 2.02. The third-order valence-corrected chi connectivity index (χ3v) is 2.80. The highest BCUT2D eigenvalue weighted by Gasteiger charge is 2.09. The molecule has 2 rings (SSSR count). The largest absolute Gasteiger partial charge is 0.495 e. The summed E-state index contributed by atoms with van der Waals surface area (Å²) in [6, 6.07) is 5.90. The van der Waals surface area contributed by atoms with Gasteiger partial charge in [0.2, 0.25) is 0 Å². The fraction of sp³-hybridized carbons (Fsp3) is 0.250. The number of aryl methyl sites for hydroxylation is 2. The van der Waals surface area contributed by atoms with Gasteiger partial charge in [-0.05, 0) is 37.6 Å². The molecule has 0 amide bonds. The zero-order valence-corrected chi connectivity index (χ0v) is 9.72. The Morgan fingerprint density at radius 2 is 2.00 bits per heavy atom. The molecule has 0 fully saturated rings. The van der Waals surface area contributed by atoms with E-state index in [1.54, 1.807) is 7.11 Å². The molecule has 1 aromatic heterocycles. The number of rotatable bonds is 1. The molecule has 2 nitrogen and oxygen atoms in total. The van der Waals surface area contributed by atoms with Gasteiger partial charge in [0.15, 0.2) is 0 Å². The van der Waals surface area contributed by atoms with Crippen molar-refractivity contribution >= 4 is 22.5 Å². The summed E-state index contributed by atoms with van der Waals surface area (Å²) >= 11 is 6.20. The van der Waals surface area contributed by atoms with Gasteiger partial charge < -0.3 is 4.74 Å². The third-order valence-electron chi connectivity index (χ3n) is 2.44. The summed E-state index contributed by atoms with van der Waals surface area (Å²) in [6.07, 6.45) is 0. The summed E-state index contributed by atoms with van der Waals surface area (Å²) < 4.78 is 5.16. The number of ether oxygens (including phenoxy) is 1. The van der Waals surface area contributed by atoms with Crippen molar-refractivity contribution in [3.8, 4) is 5.75 Å². The van der Waals surface area contributed by atoms with Crippen LogP contribution in [0.5, 0.6) is 5.75 Å². The second kappa shape index (κ2) is 3.70. The number of nitrogens with zero attached hydrogens (tertiary/aromatic N) is 1. The first kappa shape index (κ1) is 10.2. The first-order valence-electron chi connectivity index (χ1n) is 4.74. The molecule has 1 aromatic carbocycles. The van der Waals surface area contributed by atoms with E-state index in [2.05, 4.69) is 11.9 Å². The van der Waals surface area contributed by atoms with Crippen LogP contribution in [0, 0.1) is 13.8 Å². The summed E-state index contributed by atoms with van der Waals surface area (Å²) in [5.41, 5.74) is 2.96. The molecule has 78 valence electrons. The molecule has 0 N–H and O–H groups in total. The van der Waals surface area contributed by atoms with Crippen molar-refractivity contribution in [2.24, 2.45) is 0 Å². The number of hydrogen-bond acceptors (Lipinski definition) is 2. The average molecular weight is 222 g/mol. The van der Waals surface area contributed by atoms with Crippen molar-refractivity contribution in [1.82, 2.24) is 4.98 Å². The molecular weight excluding hydrogens is 210 g/mol. The predicted octanol–water partition coefficient (Wildman–Crippen LogP) is 3.51. The fourth-order valence-electron chi connectivity index (χ4n) is 1.73. The lowest BCUT2D eigenvalue weighted by Crippen LogP contribution is -1.91. The van der Waals surface area contributed by atoms with E-state index in [4.69, 9.17) is 16.3 Å². The summed E-state index contributed by atoms with van der Waals surface area (Å²) in [7, 11) is 1.61. The van der Waals surface area contributed by atoms with Gasteiger partial charge in [0.25, 0.3) is 0 Å². The van der Waals surface area contributed by atoms with Crippen LogP contribution in [-0.4, -0.2) is 12.1 Å². The van der Waals surface area contributed by atoms with E-state index in [9.17, 15) is 0 Å². The van der Waals surface area contributed by atoms with E-state index in [1.807, 2.05) is 25.1 Å². The van der Waals surface area contributed by atoms with Gasteiger partial charge in [0.05, 0.1) is 12.6 Å². The Balaban J connectivity index is 2.86. The van der Waals surface area contributed by atoms with Gasteiger partial charge in [-0.25, -0.2) is 0 Å². The van der Waals surface area contributed by atoms with Gasteiger partial charge in [-0.1, -0.05) is 11.6 Å². The van der Waals surface area contributed by atoms with E-state index in [-0.39, 0.29) is 0 Å². The molecule has 0 spiro atoms. The zero-order chi connectivity index (χ0) is 11.0. The Morgan fingerprint density at radius 3 is 2.67 bits per heavy atom. The lowest BCUT2D eigenvalue weighted by atomic mass is 10.1. The monoisotopic (exact) mass is 221 g/mol. The number of aromatic nitrogens is 1.